The molecule has 0 fully saturated rings. The van der Waals surface area contributed by atoms with Crippen LogP contribution in [-0.2, 0) is 14.3 Å². The summed E-state index contributed by atoms with van der Waals surface area (Å²) < 4.78 is 5.43. The van der Waals surface area contributed by atoms with Crippen molar-refractivity contribution in [3.8, 4) is 0 Å². The predicted octanol–water partition coefficient (Wildman–Crippen LogP) is 5.21. The summed E-state index contributed by atoms with van der Waals surface area (Å²) in [5, 5.41) is 5.86. The lowest BCUT2D eigenvalue weighted by Crippen LogP contribution is -2.57. The van der Waals surface area contributed by atoms with Crippen LogP contribution in [0.25, 0.3) is 0 Å². The molecule has 0 radical (unpaired) electrons. The summed E-state index contributed by atoms with van der Waals surface area (Å²) in [5.41, 5.74) is 0.0399. The zero-order valence-electron chi connectivity index (χ0n) is 22.5. The third-order valence-corrected chi connectivity index (χ3v) is 5.71. The molecule has 0 spiro atoms. The van der Waals surface area contributed by atoms with Gasteiger partial charge in [-0.05, 0) is 59.4 Å². The first-order chi connectivity index (χ1) is 15.8. The van der Waals surface area contributed by atoms with Gasteiger partial charge in [0, 0.05) is 12.1 Å². The monoisotopic (exact) mass is 475 g/mol. The van der Waals surface area contributed by atoms with Crippen LogP contribution in [0.1, 0.15) is 93.2 Å². The van der Waals surface area contributed by atoms with E-state index in [1.165, 1.54) is 0 Å². The number of hydrogen-bond donors (Lipinski definition) is 2. The van der Waals surface area contributed by atoms with E-state index in [0.717, 1.165) is 18.4 Å². The fraction of sp³-hybridized carbons (Fsp3) is 0.667. The minimum atomic E-state index is -0.825. The van der Waals surface area contributed by atoms with Gasteiger partial charge in [0.2, 0.25) is 11.8 Å². The molecule has 192 valence electrons. The van der Waals surface area contributed by atoms with Crippen LogP contribution < -0.4 is 10.6 Å². The fourth-order valence-corrected chi connectivity index (χ4v) is 3.86. The van der Waals surface area contributed by atoms with Gasteiger partial charge in [-0.3, -0.25) is 9.59 Å². The molecule has 4 unspecified atom stereocenters. The molecule has 2 N–H and O–H groups in total. The van der Waals surface area contributed by atoms with Crippen LogP contribution >= 0.6 is 0 Å². The Kier molecular flexibility index (Phi) is 11.6. The number of nitrogens with one attached hydrogen (secondary N) is 2. The molecule has 0 saturated carbocycles. The highest BCUT2D eigenvalue weighted by Crippen LogP contribution is 2.27. The fourth-order valence-electron chi connectivity index (χ4n) is 3.86. The summed E-state index contributed by atoms with van der Waals surface area (Å²) in [6.07, 6.45) is 1.82. The number of alkyl carbamates (subject to hydrolysis) is 1. The Bertz CT molecular complexity index is 789. The van der Waals surface area contributed by atoms with Gasteiger partial charge in [0.05, 0.1) is 0 Å². The summed E-state index contributed by atoms with van der Waals surface area (Å²) in [4.78, 5) is 41.7. The normalized spacial score (nSPS) is 15.1. The van der Waals surface area contributed by atoms with Gasteiger partial charge >= 0.3 is 6.09 Å². The second kappa shape index (κ2) is 13.4. The lowest BCUT2D eigenvalue weighted by Gasteiger charge is -2.38. The highest BCUT2D eigenvalue weighted by molar-refractivity contribution is 5.92. The summed E-state index contributed by atoms with van der Waals surface area (Å²) in [6.45, 7) is 17.0. The van der Waals surface area contributed by atoms with Crippen molar-refractivity contribution in [3.63, 3.8) is 0 Å². The van der Waals surface area contributed by atoms with Gasteiger partial charge in [-0.1, -0.05) is 63.9 Å². The summed E-state index contributed by atoms with van der Waals surface area (Å²) in [6, 6.07) is 7.38. The van der Waals surface area contributed by atoms with Crippen molar-refractivity contribution >= 4 is 17.9 Å². The Balaban J connectivity index is 3.41. The van der Waals surface area contributed by atoms with Crippen LogP contribution in [0.2, 0.25) is 0 Å². The van der Waals surface area contributed by atoms with E-state index in [1.54, 1.807) is 25.7 Å². The van der Waals surface area contributed by atoms with Crippen LogP contribution in [0, 0.1) is 5.92 Å². The highest BCUT2D eigenvalue weighted by Gasteiger charge is 2.39. The Morgan fingerprint density at radius 2 is 1.56 bits per heavy atom. The average molecular weight is 476 g/mol. The first-order valence-electron chi connectivity index (χ1n) is 12.5. The van der Waals surface area contributed by atoms with E-state index in [9.17, 15) is 14.4 Å². The van der Waals surface area contributed by atoms with Crippen LogP contribution in [0.15, 0.2) is 30.3 Å². The van der Waals surface area contributed by atoms with Crippen molar-refractivity contribution in [1.29, 1.82) is 0 Å². The molecule has 0 aromatic heterocycles. The first kappa shape index (κ1) is 29.5. The van der Waals surface area contributed by atoms with E-state index in [0.29, 0.717) is 6.42 Å². The number of hydrogen-bond acceptors (Lipinski definition) is 4. The number of rotatable bonds is 11. The van der Waals surface area contributed by atoms with Gasteiger partial charge in [-0.15, -0.1) is 0 Å². The van der Waals surface area contributed by atoms with Crippen molar-refractivity contribution < 1.29 is 19.1 Å². The van der Waals surface area contributed by atoms with E-state index in [-0.39, 0.29) is 29.8 Å². The molecule has 4 atom stereocenters. The molecular formula is C27H45N3O4. The SMILES string of the molecule is CCCC(C)NC(=O)C(c1ccccc1)N(C(=O)C(NC(=O)OC(C)(C)C)C(C)CC)C(C)C. The smallest absolute Gasteiger partial charge is 0.408 e. The second-order valence-corrected chi connectivity index (χ2v) is 10.4. The number of ether oxygens (including phenoxy) is 1. The molecular weight excluding hydrogens is 430 g/mol. The maximum absolute atomic E-state index is 14.0. The van der Waals surface area contributed by atoms with Gasteiger partial charge in [-0.25, -0.2) is 4.79 Å². The molecule has 7 heteroatoms. The Morgan fingerprint density at radius 1 is 0.971 bits per heavy atom. The van der Waals surface area contributed by atoms with Gasteiger partial charge in [0.1, 0.15) is 17.7 Å². The second-order valence-electron chi connectivity index (χ2n) is 10.4. The zero-order valence-corrected chi connectivity index (χ0v) is 22.5. The standard InChI is InChI=1S/C27H45N3O4/c1-10-15-20(6)28-24(31)23(21-16-13-12-14-17-21)30(18(3)4)25(32)22(19(5)11-2)29-26(33)34-27(7,8)9/h12-14,16-20,22-23H,10-11,15H2,1-9H3,(H,28,31)(H,29,33). The molecule has 1 aromatic rings. The molecule has 0 aliphatic carbocycles. The van der Waals surface area contributed by atoms with Gasteiger partial charge in [0.15, 0.2) is 0 Å². The van der Waals surface area contributed by atoms with Crippen molar-refractivity contribution in [2.24, 2.45) is 5.92 Å². The van der Waals surface area contributed by atoms with Crippen molar-refractivity contribution in [3.05, 3.63) is 35.9 Å². The molecule has 3 amide bonds. The molecule has 34 heavy (non-hydrogen) atoms. The van der Waals surface area contributed by atoms with E-state index in [4.69, 9.17) is 4.74 Å². The Hall–Kier alpha value is -2.57. The van der Waals surface area contributed by atoms with Crippen LogP contribution in [-0.4, -0.2) is 46.5 Å². The van der Waals surface area contributed by atoms with Gasteiger partial charge in [-0.2, -0.15) is 0 Å². The number of carbonyl (C=O) groups excluding carboxylic acids is 3. The maximum atomic E-state index is 14.0. The molecule has 1 rings (SSSR count). The average Bonchev–Trinajstić information content (AvgIpc) is 2.73. The van der Waals surface area contributed by atoms with E-state index >= 15 is 0 Å². The van der Waals surface area contributed by atoms with Crippen molar-refractivity contribution in [2.75, 3.05) is 0 Å². The summed E-state index contributed by atoms with van der Waals surface area (Å²) in [5.74, 6) is -0.684. The van der Waals surface area contributed by atoms with Crippen molar-refractivity contribution in [1.82, 2.24) is 15.5 Å². The first-order valence-corrected chi connectivity index (χ1v) is 12.5. The van der Waals surface area contributed by atoms with Crippen LogP contribution in [0.4, 0.5) is 4.79 Å². The Labute approximate surface area is 206 Å². The molecule has 0 bridgehead atoms. The largest absolute Gasteiger partial charge is 0.444 e. The predicted molar refractivity (Wildman–Crippen MR) is 136 cm³/mol. The van der Waals surface area contributed by atoms with E-state index < -0.39 is 23.8 Å². The molecule has 1 aromatic carbocycles. The summed E-state index contributed by atoms with van der Waals surface area (Å²) in [7, 11) is 0. The quantitative estimate of drug-likeness (QED) is 0.460. The van der Waals surface area contributed by atoms with Crippen LogP contribution in [0.3, 0.4) is 0 Å². The molecule has 0 aliphatic rings. The molecule has 0 saturated heterocycles. The third kappa shape index (κ3) is 8.99. The molecule has 7 nitrogen and oxygen atoms in total. The molecule has 0 heterocycles. The molecule has 0 aliphatic heterocycles. The lowest BCUT2D eigenvalue weighted by atomic mass is 9.94. The minimum absolute atomic E-state index is 0.0157. The number of carbonyl (C=O) groups is 3. The van der Waals surface area contributed by atoms with Gasteiger partial charge < -0.3 is 20.3 Å². The topological polar surface area (TPSA) is 87.7 Å². The van der Waals surface area contributed by atoms with E-state index in [1.807, 2.05) is 65.0 Å². The third-order valence-electron chi connectivity index (χ3n) is 5.71. The Morgan fingerprint density at radius 3 is 2.03 bits per heavy atom. The number of benzene rings is 1. The van der Waals surface area contributed by atoms with Crippen LogP contribution in [0.5, 0.6) is 0 Å². The minimum Gasteiger partial charge on any atom is -0.444 e. The maximum Gasteiger partial charge on any atom is 0.408 e. The number of nitrogens with zero attached hydrogens (tertiary/aromatic N) is 1. The summed E-state index contributed by atoms with van der Waals surface area (Å²) >= 11 is 0. The zero-order chi connectivity index (χ0) is 26.1. The highest BCUT2D eigenvalue weighted by atomic mass is 16.6. The van der Waals surface area contributed by atoms with E-state index in [2.05, 4.69) is 17.6 Å². The van der Waals surface area contributed by atoms with Crippen molar-refractivity contribution in [2.45, 2.75) is 111 Å². The van der Waals surface area contributed by atoms with Gasteiger partial charge in [0.25, 0.3) is 0 Å². The number of amides is 3. The lowest BCUT2D eigenvalue weighted by molar-refractivity contribution is -0.145.